The van der Waals surface area contributed by atoms with E-state index in [1.807, 2.05) is 0 Å². The largest absolute Gasteiger partial charge is 0.478 e. The van der Waals surface area contributed by atoms with E-state index in [2.05, 4.69) is 53.1 Å². The van der Waals surface area contributed by atoms with Gasteiger partial charge in [0.15, 0.2) is 0 Å². The Hall–Kier alpha value is -1.23. The summed E-state index contributed by atoms with van der Waals surface area (Å²) >= 11 is 8.90. The zero-order chi connectivity index (χ0) is 18.8. The zero-order valence-corrected chi connectivity index (χ0v) is 17.8. The van der Waals surface area contributed by atoms with Crippen LogP contribution in [0.4, 0.5) is 5.69 Å². The molecule has 0 aliphatic heterocycles. The summed E-state index contributed by atoms with van der Waals surface area (Å²) in [5, 5.41) is 11.4. The van der Waals surface area contributed by atoms with E-state index in [0.29, 0.717) is 5.69 Å². The fourth-order valence-corrected chi connectivity index (χ4v) is 4.33. The van der Waals surface area contributed by atoms with Gasteiger partial charge in [-0.1, -0.05) is 6.07 Å². The number of halogens is 3. The van der Waals surface area contributed by atoms with Crippen molar-refractivity contribution >= 4 is 75.2 Å². The molecule has 0 fully saturated rings. The number of hydrogen-bond acceptors (Lipinski definition) is 4. The number of benzene rings is 2. The van der Waals surface area contributed by atoms with Gasteiger partial charge in [0.25, 0.3) is 5.91 Å². The molecule has 0 heterocycles. The second-order valence-electron chi connectivity index (χ2n) is 4.81. The van der Waals surface area contributed by atoms with Crippen molar-refractivity contribution in [3.05, 3.63) is 59.7 Å². The number of amides is 1. The Labute approximate surface area is 168 Å². The number of sulfone groups is 1. The van der Waals surface area contributed by atoms with Gasteiger partial charge in [-0.05, 0) is 90.3 Å². The fraction of sp³-hybridized carbons (Fsp3) is 0.0667. The minimum Gasteiger partial charge on any atom is -0.478 e. The van der Waals surface area contributed by atoms with Crippen LogP contribution in [0.1, 0.15) is 20.7 Å². The van der Waals surface area contributed by atoms with Crippen LogP contribution in [-0.2, 0) is 9.84 Å². The highest BCUT2D eigenvalue weighted by atomic mass is 80.0. The molecule has 0 radical (unpaired) electrons. The quantitative estimate of drug-likeness (QED) is 0.551. The molecule has 2 aromatic carbocycles. The summed E-state index contributed by atoms with van der Waals surface area (Å²) < 4.78 is 23.2. The predicted molar refractivity (Wildman–Crippen MR) is 104 cm³/mol. The zero-order valence-electron chi connectivity index (χ0n) is 12.2. The number of nitrogens with one attached hydrogen (secondary N) is 1. The van der Waals surface area contributed by atoms with Crippen LogP contribution < -0.4 is 5.32 Å². The molecule has 0 spiro atoms. The highest BCUT2D eigenvalue weighted by Gasteiger charge is 2.37. The molecular weight excluding hydrogens is 546 g/mol. The average Bonchev–Trinajstić information content (AvgIpc) is 2.54. The molecule has 0 aromatic heterocycles. The Morgan fingerprint density at radius 3 is 2.08 bits per heavy atom. The summed E-state index contributed by atoms with van der Waals surface area (Å²) in [6, 6.07) is 11.1. The molecule has 0 bridgehead atoms. The van der Waals surface area contributed by atoms with Crippen LogP contribution in [0.5, 0.6) is 0 Å². The van der Waals surface area contributed by atoms with Crippen molar-refractivity contribution in [2.24, 2.45) is 0 Å². The number of carboxylic acids is 1. The molecule has 6 nitrogen and oxygen atoms in total. The molecule has 0 saturated carbocycles. The van der Waals surface area contributed by atoms with Gasteiger partial charge in [0, 0.05) is 11.3 Å². The molecule has 10 heteroatoms. The summed E-state index contributed by atoms with van der Waals surface area (Å²) in [6.45, 7) is 0. The predicted octanol–water partition coefficient (Wildman–Crippen LogP) is 4.21. The highest BCUT2D eigenvalue weighted by Crippen LogP contribution is 2.43. The minimum atomic E-state index is -3.82. The number of carbonyl (C=O) groups excluding carboxylic acids is 1. The third kappa shape index (κ3) is 4.69. The summed E-state index contributed by atoms with van der Waals surface area (Å²) in [5.74, 6) is -1.59. The summed E-state index contributed by atoms with van der Waals surface area (Å²) in [4.78, 5) is 23.1. The van der Waals surface area contributed by atoms with Crippen LogP contribution in [-0.4, -0.2) is 26.9 Å². The highest BCUT2D eigenvalue weighted by molar-refractivity contribution is 9.42. The number of alkyl halides is 3. The summed E-state index contributed by atoms with van der Waals surface area (Å²) in [6.07, 6.45) is 0. The molecule has 0 aliphatic carbocycles. The first kappa shape index (κ1) is 20.1. The molecule has 0 unspecified atom stereocenters. The van der Waals surface area contributed by atoms with Crippen LogP contribution in [0.15, 0.2) is 53.4 Å². The molecular formula is C15H10Br3NO5S. The number of anilines is 1. The summed E-state index contributed by atoms with van der Waals surface area (Å²) in [5.41, 5.74) is 0.619. The van der Waals surface area contributed by atoms with Gasteiger partial charge in [-0.25, -0.2) is 13.2 Å². The van der Waals surface area contributed by atoms with Crippen molar-refractivity contribution < 1.29 is 23.1 Å². The lowest BCUT2D eigenvalue weighted by Crippen LogP contribution is -2.19. The first-order chi connectivity index (χ1) is 11.5. The number of carboxylic acid groups (broad SMARTS) is 1. The number of hydrogen-bond donors (Lipinski definition) is 2. The fourth-order valence-electron chi connectivity index (χ4n) is 1.84. The lowest BCUT2D eigenvalue weighted by atomic mass is 10.2. The molecule has 132 valence electrons. The topological polar surface area (TPSA) is 101 Å². The molecule has 2 rings (SSSR count). The first-order valence-corrected chi connectivity index (χ1v) is 10.4. The molecule has 25 heavy (non-hydrogen) atoms. The van der Waals surface area contributed by atoms with Gasteiger partial charge in [-0.15, -0.1) is 0 Å². The van der Waals surface area contributed by atoms with E-state index in [0.717, 1.165) is 0 Å². The third-order valence-electron chi connectivity index (χ3n) is 3.10. The van der Waals surface area contributed by atoms with Gasteiger partial charge in [0.2, 0.25) is 11.3 Å². The van der Waals surface area contributed by atoms with E-state index in [1.165, 1.54) is 48.5 Å². The lowest BCUT2D eigenvalue weighted by molar-refractivity contribution is 0.0696. The van der Waals surface area contributed by atoms with Gasteiger partial charge < -0.3 is 10.4 Å². The normalized spacial score (nSPS) is 11.8. The van der Waals surface area contributed by atoms with Crippen LogP contribution >= 0.6 is 47.8 Å². The average molecular weight is 556 g/mol. The first-order valence-electron chi connectivity index (χ1n) is 6.58. The van der Waals surface area contributed by atoms with Crippen molar-refractivity contribution in [2.45, 2.75) is 6.37 Å². The van der Waals surface area contributed by atoms with Gasteiger partial charge >= 0.3 is 5.97 Å². The van der Waals surface area contributed by atoms with Crippen LogP contribution in [0.2, 0.25) is 0 Å². The molecule has 2 aromatic rings. The minimum absolute atomic E-state index is 0.0630. The molecule has 0 atom stereocenters. The number of rotatable bonds is 4. The van der Waals surface area contributed by atoms with Crippen LogP contribution in [0.25, 0.3) is 0 Å². The lowest BCUT2D eigenvalue weighted by Gasteiger charge is -2.14. The SMILES string of the molecule is O=C(O)c1ccc(NC(=O)c2cccc(S(=O)(=O)C(Br)(Br)Br)c2)cc1. The molecule has 0 saturated heterocycles. The molecule has 0 aliphatic rings. The van der Waals surface area contributed by atoms with E-state index in [1.54, 1.807) is 0 Å². The Bertz CT molecular complexity index is 921. The maximum Gasteiger partial charge on any atom is 0.335 e. The second kappa shape index (κ2) is 7.56. The van der Waals surface area contributed by atoms with E-state index in [9.17, 15) is 18.0 Å². The molecule has 2 N–H and O–H groups in total. The van der Waals surface area contributed by atoms with E-state index in [4.69, 9.17) is 5.11 Å². The van der Waals surface area contributed by atoms with Crippen LogP contribution in [0.3, 0.4) is 0 Å². The Morgan fingerprint density at radius 1 is 0.960 bits per heavy atom. The van der Waals surface area contributed by atoms with Crippen molar-refractivity contribution in [2.75, 3.05) is 5.32 Å². The van der Waals surface area contributed by atoms with Crippen molar-refractivity contribution in [3.8, 4) is 0 Å². The standard InChI is InChI=1S/C15H10Br3NO5S/c16-15(17,18)25(23,24)12-3-1-2-10(8-12)13(20)19-11-6-4-9(5-7-11)14(21)22/h1-8H,(H,19,20)(H,21,22). The number of aromatic carboxylic acids is 1. The Morgan fingerprint density at radius 2 is 1.56 bits per heavy atom. The van der Waals surface area contributed by atoms with E-state index < -0.39 is 23.2 Å². The smallest absolute Gasteiger partial charge is 0.335 e. The van der Waals surface area contributed by atoms with E-state index >= 15 is 0 Å². The van der Waals surface area contributed by atoms with Crippen molar-refractivity contribution in [1.82, 2.24) is 0 Å². The van der Waals surface area contributed by atoms with Gasteiger partial charge in [0.1, 0.15) is 0 Å². The van der Waals surface area contributed by atoms with Crippen molar-refractivity contribution in [1.29, 1.82) is 0 Å². The van der Waals surface area contributed by atoms with Crippen LogP contribution in [0, 0.1) is 0 Å². The number of carbonyl (C=O) groups is 2. The van der Waals surface area contributed by atoms with E-state index in [-0.39, 0.29) is 16.0 Å². The van der Waals surface area contributed by atoms with Gasteiger partial charge in [-0.3, -0.25) is 4.79 Å². The van der Waals surface area contributed by atoms with Gasteiger partial charge in [0.05, 0.1) is 10.5 Å². The second-order valence-corrected chi connectivity index (χ2v) is 15.2. The Kier molecular flexibility index (Phi) is 6.08. The summed E-state index contributed by atoms with van der Waals surface area (Å²) in [7, 11) is -3.82. The Balaban J connectivity index is 2.26. The monoisotopic (exact) mass is 553 g/mol. The third-order valence-corrected chi connectivity index (χ3v) is 8.42. The van der Waals surface area contributed by atoms with Gasteiger partial charge in [-0.2, -0.15) is 0 Å². The van der Waals surface area contributed by atoms with Crippen molar-refractivity contribution in [3.63, 3.8) is 0 Å². The maximum atomic E-state index is 12.4. The molecule has 1 amide bonds. The maximum absolute atomic E-state index is 12.4.